The standard InChI is InChI=1S/C13H16N4O2S/c14-9-12-1-2-13(10-16-12)20(18,19)17-8-5-11-3-6-15-7-4-11/h1-3,10,15,17H,4-8H2. The normalized spacial score (nSPS) is 15.4. The van der Waals surface area contributed by atoms with Crippen LogP contribution < -0.4 is 10.0 Å². The maximum atomic E-state index is 12.0. The van der Waals surface area contributed by atoms with Gasteiger partial charge in [0.15, 0.2) is 0 Å². The van der Waals surface area contributed by atoms with Crippen molar-refractivity contribution in [1.29, 1.82) is 5.26 Å². The van der Waals surface area contributed by atoms with Gasteiger partial charge in [-0.2, -0.15) is 5.26 Å². The van der Waals surface area contributed by atoms with Crippen LogP contribution in [0.1, 0.15) is 18.5 Å². The van der Waals surface area contributed by atoms with Gasteiger partial charge in [0.1, 0.15) is 16.7 Å². The molecule has 0 fully saturated rings. The first-order chi connectivity index (χ1) is 9.62. The monoisotopic (exact) mass is 292 g/mol. The minimum atomic E-state index is -3.55. The lowest BCUT2D eigenvalue weighted by atomic mass is 10.1. The van der Waals surface area contributed by atoms with Crippen LogP contribution >= 0.6 is 0 Å². The molecule has 6 nitrogen and oxygen atoms in total. The zero-order chi connectivity index (χ0) is 14.4. The van der Waals surface area contributed by atoms with Crippen LogP contribution in [0, 0.1) is 11.3 Å². The van der Waals surface area contributed by atoms with E-state index in [1.165, 1.54) is 23.9 Å². The number of nitriles is 1. The lowest BCUT2D eigenvalue weighted by Crippen LogP contribution is -2.27. The van der Waals surface area contributed by atoms with Crippen LogP contribution in [-0.2, 0) is 10.0 Å². The number of hydrogen-bond acceptors (Lipinski definition) is 5. The summed E-state index contributed by atoms with van der Waals surface area (Å²) in [4.78, 5) is 3.84. The van der Waals surface area contributed by atoms with Gasteiger partial charge in [0.25, 0.3) is 0 Å². The number of aromatic nitrogens is 1. The topological polar surface area (TPSA) is 94.9 Å². The van der Waals surface area contributed by atoms with E-state index >= 15 is 0 Å². The predicted molar refractivity (Wildman–Crippen MR) is 74.3 cm³/mol. The molecule has 7 heteroatoms. The molecule has 0 saturated heterocycles. The quantitative estimate of drug-likeness (QED) is 0.772. The minimum Gasteiger partial charge on any atom is -0.313 e. The van der Waals surface area contributed by atoms with E-state index in [0.29, 0.717) is 13.0 Å². The van der Waals surface area contributed by atoms with Gasteiger partial charge < -0.3 is 5.32 Å². The third kappa shape index (κ3) is 3.87. The lowest BCUT2D eigenvalue weighted by molar-refractivity contribution is 0.579. The molecule has 0 radical (unpaired) electrons. The summed E-state index contributed by atoms with van der Waals surface area (Å²) in [6, 6.07) is 4.63. The number of hydrogen-bond donors (Lipinski definition) is 2. The van der Waals surface area contributed by atoms with Crippen molar-refractivity contribution in [2.24, 2.45) is 0 Å². The van der Waals surface area contributed by atoms with Crippen LogP contribution in [0.25, 0.3) is 0 Å². The summed E-state index contributed by atoms with van der Waals surface area (Å²) in [6.45, 7) is 2.16. The maximum absolute atomic E-state index is 12.0. The molecular formula is C13H16N4O2S. The van der Waals surface area contributed by atoms with Crippen LogP contribution in [0.2, 0.25) is 0 Å². The fraction of sp³-hybridized carbons (Fsp3) is 0.385. The largest absolute Gasteiger partial charge is 0.313 e. The maximum Gasteiger partial charge on any atom is 0.242 e. The van der Waals surface area contributed by atoms with Gasteiger partial charge >= 0.3 is 0 Å². The molecular weight excluding hydrogens is 276 g/mol. The van der Waals surface area contributed by atoms with Gasteiger partial charge in [0.05, 0.1) is 0 Å². The van der Waals surface area contributed by atoms with Gasteiger partial charge in [-0.1, -0.05) is 11.6 Å². The summed E-state index contributed by atoms with van der Waals surface area (Å²) in [6.07, 6.45) is 4.97. The summed E-state index contributed by atoms with van der Waals surface area (Å²) in [7, 11) is -3.55. The fourth-order valence-corrected chi connectivity index (χ4v) is 2.91. The second-order valence-corrected chi connectivity index (χ2v) is 6.22. The lowest BCUT2D eigenvalue weighted by Gasteiger charge is -2.14. The van der Waals surface area contributed by atoms with Crippen LogP contribution in [0.4, 0.5) is 0 Å². The van der Waals surface area contributed by atoms with Gasteiger partial charge in [-0.15, -0.1) is 0 Å². The highest BCUT2D eigenvalue weighted by Crippen LogP contribution is 2.10. The average molecular weight is 292 g/mol. The van der Waals surface area contributed by atoms with Crippen LogP contribution in [0.15, 0.2) is 34.9 Å². The number of nitrogens with one attached hydrogen (secondary N) is 2. The van der Waals surface area contributed by atoms with Crippen molar-refractivity contribution in [3.63, 3.8) is 0 Å². The Hall–Kier alpha value is -1.75. The van der Waals surface area contributed by atoms with Gasteiger partial charge in [-0.25, -0.2) is 18.1 Å². The van der Waals surface area contributed by atoms with Crippen molar-refractivity contribution >= 4 is 10.0 Å². The fourth-order valence-electron chi connectivity index (χ4n) is 1.93. The molecule has 0 atom stereocenters. The van der Waals surface area contributed by atoms with Gasteiger partial charge in [-0.05, 0) is 31.5 Å². The first-order valence-corrected chi connectivity index (χ1v) is 7.84. The van der Waals surface area contributed by atoms with E-state index in [1.807, 2.05) is 6.07 Å². The second-order valence-electron chi connectivity index (χ2n) is 4.46. The Labute approximate surface area is 118 Å². The summed E-state index contributed by atoms with van der Waals surface area (Å²) in [5, 5.41) is 11.8. The van der Waals surface area contributed by atoms with Gasteiger partial charge in [0.2, 0.25) is 10.0 Å². The molecule has 0 saturated carbocycles. The van der Waals surface area contributed by atoms with Crippen molar-refractivity contribution in [3.05, 3.63) is 35.7 Å². The molecule has 1 aromatic heterocycles. The molecule has 106 valence electrons. The Bertz CT molecular complexity index is 629. The van der Waals surface area contributed by atoms with E-state index in [9.17, 15) is 8.42 Å². The molecule has 0 aromatic carbocycles. The number of sulfonamides is 1. The Kier molecular flexibility index (Phi) is 4.84. The van der Waals surface area contributed by atoms with Crippen LogP contribution in [0.5, 0.6) is 0 Å². The third-order valence-electron chi connectivity index (χ3n) is 3.06. The Balaban J connectivity index is 1.93. The smallest absolute Gasteiger partial charge is 0.242 e. The van der Waals surface area contributed by atoms with E-state index in [0.717, 1.165) is 19.5 Å². The molecule has 1 aliphatic rings. The highest BCUT2D eigenvalue weighted by atomic mass is 32.2. The molecule has 2 N–H and O–H groups in total. The Morgan fingerprint density at radius 3 is 2.90 bits per heavy atom. The molecule has 2 rings (SSSR count). The van der Waals surface area contributed by atoms with Crippen molar-refractivity contribution < 1.29 is 8.42 Å². The van der Waals surface area contributed by atoms with Crippen molar-refractivity contribution in [2.45, 2.75) is 17.7 Å². The van der Waals surface area contributed by atoms with E-state index < -0.39 is 10.0 Å². The predicted octanol–water partition coefficient (Wildman–Crippen LogP) is 0.541. The molecule has 1 aromatic rings. The molecule has 20 heavy (non-hydrogen) atoms. The summed E-state index contributed by atoms with van der Waals surface area (Å²) >= 11 is 0. The van der Waals surface area contributed by atoms with E-state index in [1.54, 1.807) is 0 Å². The molecule has 1 aliphatic heterocycles. The Morgan fingerprint density at radius 2 is 2.30 bits per heavy atom. The number of rotatable bonds is 5. The molecule has 0 amide bonds. The van der Waals surface area contributed by atoms with Crippen molar-refractivity contribution in [2.75, 3.05) is 19.6 Å². The zero-order valence-electron chi connectivity index (χ0n) is 11.0. The van der Waals surface area contributed by atoms with Crippen molar-refractivity contribution in [3.8, 4) is 6.07 Å². The first-order valence-electron chi connectivity index (χ1n) is 6.36. The van der Waals surface area contributed by atoms with E-state index in [2.05, 4.69) is 21.1 Å². The Morgan fingerprint density at radius 1 is 1.45 bits per heavy atom. The average Bonchev–Trinajstić information content (AvgIpc) is 2.48. The van der Waals surface area contributed by atoms with Crippen LogP contribution in [-0.4, -0.2) is 33.0 Å². The van der Waals surface area contributed by atoms with Gasteiger partial charge in [-0.3, -0.25) is 0 Å². The SMILES string of the molecule is N#Cc1ccc(S(=O)(=O)NCCC2=CCNCC2)cn1. The van der Waals surface area contributed by atoms with E-state index in [-0.39, 0.29) is 10.6 Å². The minimum absolute atomic E-state index is 0.0794. The summed E-state index contributed by atoms with van der Waals surface area (Å²) in [5.41, 5.74) is 1.47. The molecule has 2 heterocycles. The van der Waals surface area contributed by atoms with Crippen molar-refractivity contribution in [1.82, 2.24) is 15.0 Å². The third-order valence-corrected chi connectivity index (χ3v) is 4.50. The first kappa shape index (κ1) is 14.7. The van der Waals surface area contributed by atoms with E-state index in [4.69, 9.17) is 5.26 Å². The highest BCUT2D eigenvalue weighted by molar-refractivity contribution is 7.89. The van der Waals surface area contributed by atoms with Crippen LogP contribution in [0.3, 0.4) is 0 Å². The molecule has 0 unspecified atom stereocenters. The molecule has 0 aliphatic carbocycles. The van der Waals surface area contributed by atoms with Gasteiger partial charge in [0, 0.05) is 19.3 Å². The summed E-state index contributed by atoms with van der Waals surface area (Å²) in [5.74, 6) is 0. The zero-order valence-corrected chi connectivity index (χ0v) is 11.8. The highest BCUT2D eigenvalue weighted by Gasteiger charge is 2.14. The summed E-state index contributed by atoms with van der Waals surface area (Å²) < 4.78 is 26.6. The molecule has 0 bridgehead atoms. The number of nitrogens with zero attached hydrogens (tertiary/aromatic N) is 2. The number of pyridine rings is 1. The molecule has 0 spiro atoms. The second kappa shape index (κ2) is 6.61.